The van der Waals surface area contributed by atoms with E-state index in [1.54, 1.807) is 6.07 Å². The Bertz CT molecular complexity index is 935. The minimum Gasteiger partial charge on any atom is -0.274 e. The van der Waals surface area contributed by atoms with Crippen molar-refractivity contribution in [3.63, 3.8) is 0 Å². The molecule has 2 aromatic carbocycles. The lowest BCUT2D eigenvalue weighted by Crippen LogP contribution is -2.44. The minimum atomic E-state index is -0.431. The molecule has 0 spiro atoms. The first kappa shape index (κ1) is 17.4. The minimum absolute atomic E-state index is 0.127. The molecule has 0 N–H and O–H groups in total. The highest BCUT2D eigenvalue weighted by Crippen LogP contribution is 2.49. The number of imide groups is 1. The number of nitrogens with zero attached hydrogens (tertiary/aromatic N) is 3. The van der Waals surface area contributed by atoms with Gasteiger partial charge in [0.1, 0.15) is 6.04 Å². The van der Waals surface area contributed by atoms with Gasteiger partial charge in [-0.25, -0.2) is 14.9 Å². The Morgan fingerprint density at radius 1 is 0.926 bits per heavy atom. The maximum Gasteiger partial charge on any atom is 0.253 e. The molecule has 3 fully saturated rings. The van der Waals surface area contributed by atoms with Crippen molar-refractivity contribution in [2.75, 3.05) is 18.0 Å². The fraction of sp³-hybridized carbons (Fsp3) is 0.300. The molecule has 0 unspecified atom stereocenters. The number of hydrogen-bond donors (Lipinski definition) is 0. The number of fused-ring (bicyclic) bond motifs is 3. The molecule has 5 rings (SSSR count). The molecule has 7 heteroatoms. The van der Waals surface area contributed by atoms with Crippen molar-refractivity contribution in [1.29, 1.82) is 0 Å². The fourth-order valence-corrected chi connectivity index (χ4v) is 5.16. The third kappa shape index (κ3) is 2.58. The number of carbonyl (C=O) groups excluding carboxylic acids is 2. The Balaban J connectivity index is 1.59. The summed E-state index contributed by atoms with van der Waals surface area (Å²) in [4.78, 5) is 28.0. The zero-order valence-electron chi connectivity index (χ0n) is 14.4. The Kier molecular flexibility index (Phi) is 4.13. The molecule has 5 nitrogen and oxygen atoms in total. The molecule has 3 aliphatic rings. The van der Waals surface area contributed by atoms with Crippen LogP contribution in [0.4, 0.5) is 5.69 Å². The molecule has 0 radical (unpaired) electrons. The zero-order chi connectivity index (χ0) is 18.7. The quantitative estimate of drug-likeness (QED) is 0.661. The van der Waals surface area contributed by atoms with E-state index in [4.69, 9.17) is 11.6 Å². The number of carbonyl (C=O) groups is 2. The molecule has 27 heavy (non-hydrogen) atoms. The summed E-state index contributed by atoms with van der Waals surface area (Å²) >= 11 is 9.48. The third-order valence-corrected chi connectivity index (χ3v) is 6.43. The summed E-state index contributed by atoms with van der Waals surface area (Å²) in [6, 6.07) is 14.4. The van der Waals surface area contributed by atoms with Crippen LogP contribution >= 0.6 is 27.5 Å². The van der Waals surface area contributed by atoms with Crippen molar-refractivity contribution in [3.05, 3.63) is 63.6 Å². The van der Waals surface area contributed by atoms with Crippen molar-refractivity contribution in [2.45, 2.75) is 18.5 Å². The van der Waals surface area contributed by atoms with Gasteiger partial charge in [-0.15, -0.1) is 0 Å². The van der Waals surface area contributed by atoms with Gasteiger partial charge in [0, 0.05) is 22.6 Å². The van der Waals surface area contributed by atoms with E-state index in [1.165, 1.54) is 4.90 Å². The first-order valence-electron chi connectivity index (χ1n) is 8.98. The van der Waals surface area contributed by atoms with E-state index in [2.05, 4.69) is 25.9 Å². The van der Waals surface area contributed by atoms with Gasteiger partial charge in [-0.1, -0.05) is 45.7 Å². The molecule has 0 saturated carbocycles. The van der Waals surface area contributed by atoms with Crippen LogP contribution < -0.4 is 4.90 Å². The number of hydrazine groups is 1. The summed E-state index contributed by atoms with van der Waals surface area (Å²) in [5.74, 6) is -0.665. The van der Waals surface area contributed by atoms with Crippen LogP contribution in [0, 0.1) is 5.92 Å². The molecule has 2 aromatic rings. The first-order valence-corrected chi connectivity index (χ1v) is 10.2. The SMILES string of the molecule is O=C1[C@H]2[C@@H](C(=O)N1c1cccc(Br)c1)N1CCCN1[C@@H]2c1ccc(Cl)cc1. The van der Waals surface area contributed by atoms with Gasteiger partial charge in [0.15, 0.2) is 0 Å². The summed E-state index contributed by atoms with van der Waals surface area (Å²) in [6.07, 6.45) is 0.992. The molecule has 138 valence electrons. The molecule has 0 aromatic heterocycles. The van der Waals surface area contributed by atoms with Crippen molar-refractivity contribution >= 4 is 45.0 Å². The summed E-state index contributed by atoms with van der Waals surface area (Å²) in [7, 11) is 0. The van der Waals surface area contributed by atoms with E-state index < -0.39 is 12.0 Å². The van der Waals surface area contributed by atoms with Crippen molar-refractivity contribution in [1.82, 2.24) is 10.0 Å². The van der Waals surface area contributed by atoms with E-state index in [9.17, 15) is 9.59 Å². The van der Waals surface area contributed by atoms with Crippen molar-refractivity contribution in [2.24, 2.45) is 5.92 Å². The highest BCUT2D eigenvalue weighted by Gasteiger charge is 2.62. The lowest BCUT2D eigenvalue weighted by Gasteiger charge is -2.29. The normalized spacial score (nSPS) is 28.1. The highest BCUT2D eigenvalue weighted by molar-refractivity contribution is 9.10. The van der Waals surface area contributed by atoms with Gasteiger partial charge in [0.25, 0.3) is 5.91 Å². The van der Waals surface area contributed by atoms with Crippen LogP contribution in [-0.2, 0) is 9.59 Å². The van der Waals surface area contributed by atoms with Crippen molar-refractivity contribution in [3.8, 4) is 0 Å². The lowest BCUT2D eigenvalue weighted by molar-refractivity contribution is -0.126. The van der Waals surface area contributed by atoms with Gasteiger partial charge in [0.2, 0.25) is 5.91 Å². The van der Waals surface area contributed by atoms with Gasteiger partial charge >= 0.3 is 0 Å². The molecule has 3 saturated heterocycles. The van der Waals surface area contributed by atoms with Gasteiger partial charge in [-0.05, 0) is 42.3 Å². The highest BCUT2D eigenvalue weighted by atomic mass is 79.9. The van der Waals surface area contributed by atoms with Crippen LogP contribution in [0.5, 0.6) is 0 Å². The maximum atomic E-state index is 13.4. The van der Waals surface area contributed by atoms with E-state index in [1.807, 2.05) is 42.5 Å². The van der Waals surface area contributed by atoms with E-state index in [0.717, 1.165) is 29.5 Å². The van der Waals surface area contributed by atoms with E-state index in [-0.39, 0.29) is 17.9 Å². The number of rotatable bonds is 2. The number of halogens is 2. The second kappa shape index (κ2) is 6.41. The topological polar surface area (TPSA) is 43.9 Å². The standard InChI is InChI=1S/C20H17BrClN3O2/c21-13-3-1-4-15(11-13)25-19(26)16-17(12-5-7-14(22)8-6-12)23-9-2-10-24(23)18(16)20(25)27/h1,3-8,11,16-18H,2,9-10H2/t16-,17-,18+/m1/s1. The fourth-order valence-electron chi connectivity index (χ4n) is 4.64. The molecular weight excluding hydrogens is 430 g/mol. The molecule has 0 aliphatic carbocycles. The van der Waals surface area contributed by atoms with Crippen LogP contribution in [0.25, 0.3) is 0 Å². The molecular formula is C20H17BrClN3O2. The third-order valence-electron chi connectivity index (χ3n) is 5.68. The summed E-state index contributed by atoms with van der Waals surface area (Å²) in [5.41, 5.74) is 1.64. The first-order chi connectivity index (χ1) is 13.1. The Morgan fingerprint density at radius 3 is 2.33 bits per heavy atom. The average Bonchev–Trinajstić information content (AvgIpc) is 3.28. The summed E-state index contributed by atoms with van der Waals surface area (Å²) < 4.78 is 0.842. The Hall–Kier alpha value is -1.73. The van der Waals surface area contributed by atoms with Crippen LogP contribution in [0.3, 0.4) is 0 Å². The molecule has 3 aliphatic heterocycles. The summed E-state index contributed by atoms with van der Waals surface area (Å²) in [6.45, 7) is 1.66. The summed E-state index contributed by atoms with van der Waals surface area (Å²) in [5, 5.41) is 4.96. The largest absolute Gasteiger partial charge is 0.274 e. The average molecular weight is 447 g/mol. The van der Waals surface area contributed by atoms with Gasteiger partial charge < -0.3 is 0 Å². The molecule has 0 bridgehead atoms. The molecule has 3 atom stereocenters. The smallest absolute Gasteiger partial charge is 0.253 e. The zero-order valence-corrected chi connectivity index (χ0v) is 16.7. The van der Waals surface area contributed by atoms with E-state index in [0.29, 0.717) is 10.7 Å². The lowest BCUT2D eigenvalue weighted by atomic mass is 9.90. The van der Waals surface area contributed by atoms with E-state index >= 15 is 0 Å². The van der Waals surface area contributed by atoms with Crippen molar-refractivity contribution < 1.29 is 9.59 Å². The predicted octanol–water partition coefficient (Wildman–Crippen LogP) is 3.64. The molecule has 3 heterocycles. The second-order valence-electron chi connectivity index (χ2n) is 7.14. The van der Waals surface area contributed by atoms with Crippen LogP contribution in [-0.4, -0.2) is 41.0 Å². The van der Waals surface area contributed by atoms with Gasteiger partial charge in [0.05, 0.1) is 17.6 Å². The number of anilines is 1. The monoisotopic (exact) mass is 445 g/mol. The number of amides is 2. The van der Waals surface area contributed by atoms with Crippen LogP contribution in [0.1, 0.15) is 18.0 Å². The Labute approximate surface area is 170 Å². The van der Waals surface area contributed by atoms with Gasteiger partial charge in [-0.3, -0.25) is 9.59 Å². The number of benzene rings is 2. The van der Waals surface area contributed by atoms with Gasteiger partial charge in [-0.2, -0.15) is 0 Å². The second-order valence-corrected chi connectivity index (χ2v) is 8.49. The van der Waals surface area contributed by atoms with Crippen LogP contribution in [0.2, 0.25) is 5.02 Å². The predicted molar refractivity (Wildman–Crippen MR) is 106 cm³/mol. The maximum absolute atomic E-state index is 13.4. The van der Waals surface area contributed by atoms with Crippen LogP contribution in [0.15, 0.2) is 53.0 Å². The molecule has 2 amide bonds. The Morgan fingerprint density at radius 2 is 1.63 bits per heavy atom. The number of hydrogen-bond acceptors (Lipinski definition) is 4.